The monoisotopic (exact) mass is 683 g/mol. The average molecular weight is 684 g/mol. The predicted octanol–water partition coefficient (Wildman–Crippen LogP) is 14.5. The fourth-order valence-corrected chi connectivity index (χ4v) is 8.87. The molecule has 1 nitrogen and oxygen atoms in total. The van der Waals surface area contributed by atoms with Crippen LogP contribution >= 0.6 is 0 Å². The van der Waals surface area contributed by atoms with Crippen molar-refractivity contribution < 1.29 is 0 Å². The molecule has 10 aromatic rings. The van der Waals surface area contributed by atoms with E-state index in [1.165, 1.54) is 93.5 Å². The normalized spacial score (nSPS) is 11.7. The van der Waals surface area contributed by atoms with Crippen molar-refractivity contribution in [3.8, 4) is 77.9 Å². The summed E-state index contributed by atoms with van der Waals surface area (Å²) in [4.78, 5) is 4.92. The lowest BCUT2D eigenvalue weighted by Crippen LogP contribution is -1.97. The molecule has 1 aromatic heterocycles. The lowest BCUT2D eigenvalue weighted by Gasteiger charge is -2.23. The van der Waals surface area contributed by atoms with Crippen molar-refractivity contribution in [3.05, 3.63) is 200 Å². The molecule has 0 N–H and O–H groups in total. The molecule has 9 aromatic carbocycles. The van der Waals surface area contributed by atoms with Crippen molar-refractivity contribution in [3.63, 3.8) is 0 Å². The van der Waals surface area contributed by atoms with Crippen LogP contribution in [0.25, 0.3) is 110 Å². The Bertz CT molecular complexity index is 3050. The number of pyridine rings is 1. The van der Waals surface area contributed by atoms with Crippen LogP contribution in [0.1, 0.15) is 0 Å². The summed E-state index contributed by atoms with van der Waals surface area (Å²) in [7, 11) is 0. The first kappa shape index (κ1) is 30.5. The van der Waals surface area contributed by atoms with Crippen molar-refractivity contribution in [1.82, 2.24) is 4.98 Å². The molecule has 0 aliphatic heterocycles. The summed E-state index contributed by atoms with van der Waals surface area (Å²) < 4.78 is 0. The molecular weight excluding hydrogens is 651 g/mol. The van der Waals surface area contributed by atoms with E-state index in [0.29, 0.717) is 0 Å². The molecule has 1 aliphatic carbocycles. The van der Waals surface area contributed by atoms with Gasteiger partial charge in [-0.15, -0.1) is 0 Å². The molecule has 1 heteroatoms. The Kier molecular flexibility index (Phi) is 6.93. The zero-order chi connectivity index (χ0) is 35.6. The third-order valence-electron chi connectivity index (χ3n) is 11.3. The van der Waals surface area contributed by atoms with Crippen LogP contribution < -0.4 is 0 Å². The van der Waals surface area contributed by atoms with E-state index in [1.54, 1.807) is 0 Å². The van der Waals surface area contributed by atoms with E-state index in [-0.39, 0.29) is 0 Å². The third-order valence-corrected chi connectivity index (χ3v) is 11.3. The second kappa shape index (κ2) is 12.3. The summed E-state index contributed by atoms with van der Waals surface area (Å²) in [6, 6.07) is 68.9. The number of rotatable bonds is 3. The molecule has 0 saturated heterocycles. The molecule has 0 fully saturated rings. The highest BCUT2D eigenvalue weighted by atomic mass is 14.6. The number of benzene rings is 9. The first-order chi connectivity index (χ1) is 26.8. The van der Waals surface area contributed by atoms with Crippen LogP contribution in [0.2, 0.25) is 0 Å². The van der Waals surface area contributed by atoms with E-state index in [9.17, 15) is 0 Å². The summed E-state index contributed by atoms with van der Waals surface area (Å²) in [5.74, 6) is 0. The summed E-state index contributed by atoms with van der Waals surface area (Å²) in [6.07, 6.45) is 4.04. The van der Waals surface area contributed by atoms with Crippen LogP contribution in [-0.2, 0) is 0 Å². The highest BCUT2D eigenvalue weighted by Gasteiger charge is 2.22. The van der Waals surface area contributed by atoms with Crippen LogP contribution in [0.15, 0.2) is 200 Å². The van der Waals surface area contributed by atoms with Gasteiger partial charge < -0.3 is 0 Å². The predicted molar refractivity (Wildman–Crippen MR) is 228 cm³/mol. The van der Waals surface area contributed by atoms with E-state index in [2.05, 4.69) is 188 Å². The standard InChI is InChI=1S/C53H33N/c1-2-14-35-29-37(26-25-34(35)13-1)52-47-21-9-11-23-49(47)53(50-24-12-10-22-48(50)52)39-30-38(32-54-33-39)36-27-28-46-44-19-6-5-17-42(44)40-15-3-4-16-41(40)43-18-7-8-20-45(43)51(46)31-36/h1-33H. The fraction of sp³-hybridized carbons (Fsp3) is 0. The van der Waals surface area contributed by atoms with E-state index >= 15 is 0 Å². The minimum Gasteiger partial charge on any atom is -0.263 e. The van der Waals surface area contributed by atoms with Gasteiger partial charge in [0.25, 0.3) is 0 Å². The zero-order valence-corrected chi connectivity index (χ0v) is 29.5. The van der Waals surface area contributed by atoms with Gasteiger partial charge in [-0.25, -0.2) is 0 Å². The van der Waals surface area contributed by atoms with Crippen LogP contribution in [0.3, 0.4) is 0 Å². The van der Waals surface area contributed by atoms with Crippen molar-refractivity contribution in [2.75, 3.05) is 0 Å². The number of hydrogen-bond acceptors (Lipinski definition) is 1. The van der Waals surface area contributed by atoms with Crippen LogP contribution in [-0.4, -0.2) is 4.98 Å². The minimum atomic E-state index is 1.09. The molecule has 0 bridgehead atoms. The molecule has 1 aliphatic rings. The van der Waals surface area contributed by atoms with E-state index in [4.69, 9.17) is 4.98 Å². The van der Waals surface area contributed by atoms with Gasteiger partial charge in [0.05, 0.1) is 0 Å². The van der Waals surface area contributed by atoms with Crippen LogP contribution in [0.5, 0.6) is 0 Å². The summed E-state index contributed by atoms with van der Waals surface area (Å²) in [5.41, 5.74) is 17.0. The van der Waals surface area contributed by atoms with Gasteiger partial charge in [-0.05, 0) is 117 Å². The maximum absolute atomic E-state index is 4.92. The molecule has 0 atom stereocenters. The van der Waals surface area contributed by atoms with Gasteiger partial charge in [-0.2, -0.15) is 0 Å². The van der Waals surface area contributed by atoms with Gasteiger partial charge in [-0.1, -0.05) is 170 Å². The Balaban J connectivity index is 1.12. The zero-order valence-electron chi connectivity index (χ0n) is 29.5. The van der Waals surface area contributed by atoms with Gasteiger partial charge >= 0.3 is 0 Å². The van der Waals surface area contributed by atoms with E-state index in [0.717, 1.165) is 16.7 Å². The lowest BCUT2D eigenvalue weighted by atomic mass is 9.80. The molecule has 0 radical (unpaired) electrons. The molecule has 0 amide bonds. The Morgan fingerprint density at radius 3 is 1.20 bits per heavy atom. The van der Waals surface area contributed by atoms with Gasteiger partial charge in [0.2, 0.25) is 0 Å². The molecule has 0 unspecified atom stereocenters. The second-order valence-electron chi connectivity index (χ2n) is 14.3. The Labute approximate surface area is 314 Å². The average Bonchev–Trinajstić information content (AvgIpc) is 3.24. The van der Waals surface area contributed by atoms with Gasteiger partial charge in [0, 0.05) is 23.5 Å². The lowest BCUT2D eigenvalue weighted by molar-refractivity contribution is 1.33. The first-order valence-electron chi connectivity index (χ1n) is 18.6. The van der Waals surface area contributed by atoms with Crippen LogP contribution in [0, 0.1) is 0 Å². The minimum absolute atomic E-state index is 1.09. The van der Waals surface area contributed by atoms with E-state index in [1.807, 2.05) is 12.4 Å². The second-order valence-corrected chi connectivity index (χ2v) is 14.3. The molecule has 1 heterocycles. The maximum atomic E-state index is 4.92. The molecular formula is C53H33N. The van der Waals surface area contributed by atoms with Gasteiger partial charge in [0.15, 0.2) is 0 Å². The smallest absolute Gasteiger partial charge is 0.0347 e. The van der Waals surface area contributed by atoms with E-state index < -0.39 is 0 Å². The van der Waals surface area contributed by atoms with Crippen molar-refractivity contribution in [2.45, 2.75) is 0 Å². The van der Waals surface area contributed by atoms with Crippen LogP contribution in [0.4, 0.5) is 0 Å². The molecule has 250 valence electrons. The Morgan fingerprint density at radius 1 is 0.241 bits per heavy atom. The SMILES string of the molecule is c1ccc2c(c1)-c1ccccc1-c1ccc(-c3cncc(-c4c5ccccc5c(-c5ccc6ccccc6c5)c5ccccc45)c3)cc1-c1ccccc1-2. The topological polar surface area (TPSA) is 12.9 Å². The maximum Gasteiger partial charge on any atom is 0.0347 e. The largest absolute Gasteiger partial charge is 0.263 e. The molecule has 54 heavy (non-hydrogen) atoms. The third kappa shape index (κ3) is 4.76. The number of aromatic nitrogens is 1. The Morgan fingerprint density at radius 2 is 0.648 bits per heavy atom. The van der Waals surface area contributed by atoms with Crippen molar-refractivity contribution in [2.24, 2.45) is 0 Å². The summed E-state index contributed by atoms with van der Waals surface area (Å²) in [5, 5.41) is 7.42. The highest BCUT2D eigenvalue weighted by Crippen LogP contribution is 2.49. The van der Waals surface area contributed by atoms with Crippen molar-refractivity contribution >= 4 is 32.3 Å². The number of hydrogen-bond donors (Lipinski definition) is 0. The Hall–Kier alpha value is -7.09. The number of nitrogens with zero attached hydrogens (tertiary/aromatic N) is 1. The molecule has 0 spiro atoms. The van der Waals surface area contributed by atoms with Gasteiger partial charge in [0.1, 0.15) is 0 Å². The number of fused-ring (bicyclic) bond motifs is 11. The molecule has 0 saturated carbocycles. The quantitative estimate of drug-likeness (QED) is 0.169. The van der Waals surface area contributed by atoms with Crippen molar-refractivity contribution in [1.29, 1.82) is 0 Å². The first-order valence-corrected chi connectivity index (χ1v) is 18.6. The van der Waals surface area contributed by atoms with Gasteiger partial charge in [-0.3, -0.25) is 4.98 Å². The highest BCUT2D eigenvalue weighted by molar-refractivity contribution is 6.21. The summed E-state index contributed by atoms with van der Waals surface area (Å²) >= 11 is 0. The summed E-state index contributed by atoms with van der Waals surface area (Å²) in [6.45, 7) is 0. The fourth-order valence-electron chi connectivity index (χ4n) is 8.87. The molecule has 11 rings (SSSR count).